The number of anilines is 2. The summed E-state index contributed by atoms with van der Waals surface area (Å²) in [5.74, 6) is -3.03. The van der Waals surface area contributed by atoms with Crippen LogP contribution in [0.3, 0.4) is 0 Å². The number of rotatable bonds is 13. The molecule has 0 saturated carbocycles. The van der Waals surface area contributed by atoms with Crippen LogP contribution in [-0.2, 0) is 12.7 Å². The van der Waals surface area contributed by atoms with Crippen molar-refractivity contribution in [3.63, 3.8) is 0 Å². The first-order valence-corrected chi connectivity index (χ1v) is 13.0. The third kappa shape index (κ3) is 7.60. The number of ether oxygens (including phenoxy) is 1. The van der Waals surface area contributed by atoms with E-state index >= 15 is 4.39 Å². The van der Waals surface area contributed by atoms with Crippen LogP contribution < -0.4 is 26.7 Å². The number of hydrogen-bond acceptors (Lipinski definition) is 7. The molecule has 0 aliphatic heterocycles. The molecule has 5 N–H and O–H groups in total. The Morgan fingerprint density at radius 2 is 1.93 bits per heavy atom. The molecule has 222 valence electrons. The monoisotopic (exact) mass is 581 g/mol. The van der Waals surface area contributed by atoms with Gasteiger partial charge in [-0.3, -0.25) is 9.59 Å². The zero-order valence-corrected chi connectivity index (χ0v) is 22.8. The predicted octanol–water partition coefficient (Wildman–Crippen LogP) is 5.60. The SMILES string of the molecule is CCCCNCCC(C)Oc1nc(-c2cc(N)c(F)c(C)c2C(F)(F)F)c(F)c(NCc2cccc(=O)[nH]2)c1C=O. The minimum Gasteiger partial charge on any atom is -0.474 e. The van der Waals surface area contributed by atoms with Gasteiger partial charge in [-0.15, -0.1) is 0 Å². The Morgan fingerprint density at radius 3 is 2.56 bits per heavy atom. The number of aromatic amines is 1. The van der Waals surface area contributed by atoms with Crippen molar-refractivity contribution in [2.24, 2.45) is 0 Å². The molecule has 0 bridgehead atoms. The number of carbonyl (C=O) groups excluding carboxylic acids is 1. The van der Waals surface area contributed by atoms with Gasteiger partial charge in [0.1, 0.15) is 17.1 Å². The standard InChI is InChI=1S/C28H32F5N5O3/c1-4-5-10-35-11-9-15(2)41-27-19(14-39)25(36-13-17-7-6-8-21(40)37-17)24(30)26(38-27)18-12-20(34)23(29)16(3)22(18)28(31,32)33/h6-8,12,14-15,35H,4-5,9-11,13,34H2,1-3H3,(H,36,38)(H,37,40). The molecule has 0 radical (unpaired) electrons. The molecule has 3 rings (SSSR count). The van der Waals surface area contributed by atoms with Gasteiger partial charge in [-0.2, -0.15) is 13.2 Å². The number of H-pyrrole nitrogens is 1. The molecule has 13 heteroatoms. The number of benzene rings is 1. The van der Waals surface area contributed by atoms with E-state index in [9.17, 15) is 27.2 Å². The van der Waals surface area contributed by atoms with Crippen LogP contribution in [0, 0.1) is 18.6 Å². The van der Waals surface area contributed by atoms with Gasteiger partial charge in [0, 0.05) is 17.3 Å². The van der Waals surface area contributed by atoms with Gasteiger partial charge in [0.15, 0.2) is 12.1 Å². The molecule has 1 aromatic carbocycles. The van der Waals surface area contributed by atoms with Crippen molar-refractivity contribution >= 4 is 17.7 Å². The van der Waals surface area contributed by atoms with Gasteiger partial charge in [-0.05, 0) is 57.5 Å². The molecule has 1 atom stereocenters. The summed E-state index contributed by atoms with van der Waals surface area (Å²) in [6, 6.07) is 4.89. The lowest BCUT2D eigenvalue weighted by Crippen LogP contribution is -2.24. The van der Waals surface area contributed by atoms with Gasteiger partial charge in [0.25, 0.3) is 0 Å². The molecule has 0 fully saturated rings. The average Bonchev–Trinajstić information content (AvgIpc) is 2.90. The van der Waals surface area contributed by atoms with E-state index in [4.69, 9.17) is 10.5 Å². The van der Waals surface area contributed by atoms with E-state index in [-0.39, 0.29) is 18.4 Å². The van der Waals surface area contributed by atoms with Crippen LogP contribution in [0.15, 0.2) is 29.1 Å². The fourth-order valence-corrected chi connectivity index (χ4v) is 4.24. The Balaban J connectivity index is 2.16. The summed E-state index contributed by atoms with van der Waals surface area (Å²) in [6.45, 7) is 5.72. The van der Waals surface area contributed by atoms with E-state index in [2.05, 4.69) is 20.6 Å². The normalized spacial score (nSPS) is 12.3. The third-order valence-electron chi connectivity index (χ3n) is 6.36. The van der Waals surface area contributed by atoms with Gasteiger partial charge in [0.05, 0.1) is 29.6 Å². The summed E-state index contributed by atoms with van der Waals surface area (Å²) in [4.78, 5) is 30.4. The summed E-state index contributed by atoms with van der Waals surface area (Å²) < 4.78 is 78.7. The Kier molecular flexibility index (Phi) is 10.4. The molecule has 0 aliphatic rings. The number of nitrogens with two attached hydrogens (primary N) is 1. The van der Waals surface area contributed by atoms with Crippen molar-refractivity contribution in [3.8, 4) is 17.1 Å². The fraction of sp³-hybridized carbons (Fsp3) is 0.393. The maximum absolute atomic E-state index is 16.0. The quantitative estimate of drug-likeness (QED) is 0.0898. The summed E-state index contributed by atoms with van der Waals surface area (Å²) in [5.41, 5.74) is 0.0113. The zero-order valence-electron chi connectivity index (χ0n) is 22.8. The van der Waals surface area contributed by atoms with E-state index in [1.807, 2.05) is 6.92 Å². The predicted molar refractivity (Wildman–Crippen MR) is 146 cm³/mol. The number of nitrogens with one attached hydrogen (secondary N) is 3. The van der Waals surface area contributed by atoms with Crippen molar-refractivity contribution in [1.29, 1.82) is 0 Å². The number of carbonyl (C=O) groups is 1. The minimum atomic E-state index is -5.10. The second kappa shape index (κ2) is 13.6. The molecule has 0 aliphatic carbocycles. The topological polar surface area (TPSA) is 122 Å². The van der Waals surface area contributed by atoms with Gasteiger partial charge < -0.3 is 26.1 Å². The van der Waals surface area contributed by atoms with Crippen LogP contribution in [0.2, 0.25) is 0 Å². The molecule has 41 heavy (non-hydrogen) atoms. The number of nitrogen functional groups attached to an aromatic ring is 1. The van der Waals surface area contributed by atoms with E-state index in [1.54, 1.807) is 6.92 Å². The van der Waals surface area contributed by atoms with Crippen LogP contribution in [0.5, 0.6) is 5.88 Å². The van der Waals surface area contributed by atoms with Gasteiger partial charge in [0.2, 0.25) is 11.4 Å². The average molecular weight is 582 g/mol. The molecule has 8 nitrogen and oxygen atoms in total. The lowest BCUT2D eigenvalue weighted by molar-refractivity contribution is -0.137. The fourth-order valence-electron chi connectivity index (χ4n) is 4.24. The highest BCUT2D eigenvalue weighted by Crippen LogP contribution is 2.44. The van der Waals surface area contributed by atoms with Crippen LogP contribution in [0.4, 0.5) is 33.3 Å². The number of nitrogens with zero attached hydrogens (tertiary/aromatic N) is 1. The first-order chi connectivity index (χ1) is 19.4. The number of unbranched alkanes of at least 4 members (excludes halogenated alkanes) is 1. The lowest BCUT2D eigenvalue weighted by atomic mass is 9.95. The molecule has 2 aromatic heterocycles. The summed E-state index contributed by atoms with van der Waals surface area (Å²) >= 11 is 0. The van der Waals surface area contributed by atoms with E-state index in [1.165, 1.54) is 18.2 Å². The van der Waals surface area contributed by atoms with Crippen LogP contribution in [0.1, 0.15) is 60.3 Å². The van der Waals surface area contributed by atoms with Crippen molar-refractivity contribution in [1.82, 2.24) is 15.3 Å². The Morgan fingerprint density at radius 1 is 1.20 bits per heavy atom. The number of hydrogen-bond donors (Lipinski definition) is 4. The van der Waals surface area contributed by atoms with Crippen molar-refractivity contribution in [3.05, 3.63) is 68.6 Å². The maximum atomic E-state index is 16.0. The number of aromatic nitrogens is 2. The molecule has 0 saturated heterocycles. The first-order valence-electron chi connectivity index (χ1n) is 13.0. The van der Waals surface area contributed by atoms with Crippen molar-refractivity contribution < 1.29 is 31.5 Å². The molecular formula is C28H32F5N5O3. The molecule has 3 aromatic rings. The van der Waals surface area contributed by atoms with E-state index in [0.717, 1.165) is 26.3 Å². The molecule has 0 amide bonds. The number of aldehydes is 1. The highest BCUT2D eigenvalue weighted by molar-refractivity contribution is 5.90. The number of alkyl halides is 3. The summed E-state index contributed by atoms with van der Waals surface area (Å²) in [6.07, 6.45) is -2.98. The van der Waals surface area contributed by atoms with E-state index < -0.39 is 69.1 Å². The Labute approximate surface area is 233 Å². The maximum Gasteiger partial charge on any atom is 0.417 e. The third-order valence-corrected chi connectivity index (χ3v) is 6.36. The van der Waals surface area contributed by atoms with Gasteiger partial charge in [-0.1, -0.05) is 19.4 Å². The molecular weight excluding hydrogens is 549 g/mol. The Bertz CT molecular complexity index is 1440. The minimum absolute atomic E-state index is 0.204. The first kappa shape index (κ1) is 31.5. The largest absolute Gasteiger partial charge is 0.474 e. The van der Waals surface area contributed by atoms with Crippen molar-refractivity contribution in [2.75, 3.05) is 24.1 Å². The van der Waals surface area contributed by atoms with Crippen LogP contribution >= 0.6 is 0 Å². The second-order valence-electron chi connectivity index (χ2n) is 9.53. The van der Waals surface area contributed by atoms with Crippen LogP contribution in [0.25, 0.3) is 11.3 Å². The van der Waals surface area contributed by atoms with Crippen LogP contribution in [-0.4, -0.2) is 35.4 Å². The highest BCUT2D eigenvalue weighted by Gasteiger charge is 2.39. The summed E-state index contributed by atoms with van der Waals surface area (Å²) in [5, 5.41) is 5.90. The summed E-state index contributed by atoms with van der Waals surface area (Å²) in [7, 11) is 0. The van der Waals surface area contributed by atoms with Gasteiger partial charge in [-0.25, -0.2) is 13.8 Å². The smallest absolute Gasteiger partial charge is 0.417 e. The number of halogens is 5. The van der Waals surface area contributed by atoms with E-state index in [0.29, 0.717) is 24.7 Å². The Hall–Kier alpha value is -4.00. The van der Waals surface area contributed by atoms with Crippen molar-refractivity contribution in [2.45, 2.75) is 58.9 Å². The zero-order chi connectivity index (χ0) is 30.3. The van der Waals surface area contributed by atoms with Gasteiger partial charge >= 0.3 is 6.18 Å². The second-order valence-corrected chi connectivity index (χ2v) is 9.53. The lowest BCUT2D eigenvalue weighted by Gasteiger charge is -2.22. The number of pyridine rings is 2. The highest BCUT2D eigenvalue weighted by atomic mass is 19.4. The molecule has 0 spiro atoms. The molecule has 1 unspecified atom stereocenters. The molecule has 2 heterocycles.